The summed E-state index contributed by atoms with van der Waals surface area (Å²) in [5, 5.41) is 2.71. The van der Waals surface area contributed by atoms with E-state index in [0.717, 1.165) is 25.7 Å². The Bertz CT molecular complexity index is 128. The number of hydrogen-bond donors (Lipinski definition) is 1. The van der Waals surface area contributed by atoms with E-state index in [-0.39, 0.29) is 11.4 Å². The highest BCUT2D eigenvalue weighted by Crippen LogP contribution is 2.01. The van der Waals surface area contributed by atoms with Crippen molar-refractivity contribution in [2.45, 2.75) is 51.5 Å². The Labute approximate surface area is 79.7 Å². The van der Waals surface area contributed by atoms with Gasteiger partial charge < -0.3 is 5.32 Å². The zero-order valence-corrected chi connectivity index (χ0v) is 8.66. The molecule has 0 aliphatic carbocycles. The summed E-state index contributed by atoms with van der Waals surface area (Å²) in [6.45, 7) is 4.07. The molecule has 0 rings (SSSR count). The molecule has 1 atom stereocenters. The minimum absolute atomic E-state index is 0.0744. The van der Waals surface area contributed by atoms with Crippen LogP contribution < -0.4 is 5.32 Å². The zero-order chi connectivity index (χ0) is 9.40. The minimum atomic E-state index is -0.195. The molecule has 0 radical (unpaired) electrons. The number of hydrogen-bond acceptors (Lipinski definition) is 1. The second-order valence-corrected chi connectivity index (χ2v) is 3.43. The predicted octanol–water partition coefficient (Wildman–Crippen LogP) is 2.66. The molecular weight excluding hydrogens is 174 g/mol. The Morgan fingerprint density at radius 2 is 2.08 bits per heavy atom. The van der Waals surface area contributed by atoms with Gasteiger partial charge in [0.25, 0.3) is 0 Å². The predicted molar refractivity (Wildman–Crippen MR) is 52.2 cm³/mol. The second kappa shape index (κ2) is 7.41. The minimum Gasteiger partial charge on any atom is -0.340 e. The maximum absolute atomic E-state index is 11.1. The van der Waals surface area contributed by atoms with Crippen molar-refractivity contribution in [1.82, 2.24) is 5.32 Å². The Hall–Kier alpha value is -0.240. The van der Waals surface area contributed by atoms with Gasteiger partial charge in [-0.1, -0.05) is 38.3 Å². The van der Waals surface area contributed by atoms with Gasteiger partial charge in [-0.25, -0.2) is 0 Å². The highest BCUT2D eigenvalue weighted by Gasteiger charge is 2.05. The first-order valence-corrected chi connectivity index (χ1v) is 5.07. The summed E-state index contributed by atoms with van der Waals surface area (Å²) in [4.78, 5) is 11.1. The van der Waals surface area contributed by atoms with E-state index in [1.807, 2.05) is 6.92 Å². The number of halogens is 1. The topological polar surface area (TPSA) is 29.1 Å². The SMILES string of the molecule is CCCCCC(=O)NC(Cl)CC. The van der Waals surface area contributed by atoms with E-state index in [9.17, 15) is 4.79 Å². The van der Waals surface area contributed by atoms with E-state index >= 15 is 0 Å². The Balaban J connectivity index is 3.33. The van der Waals surface area contributed by atoms with Crippen LogP contribution in [0.1, 0.15) is 46.0 Å². The second-order valence-electron chi connectivity index (χ2n) is 2.90. The van der Waals surface area contributed by atoms with Crippen LogP contribution in [-0.2, 0) is 4.79 Å². The summed E-state index contributed by atoms with van der Waals surface area (Å²) in [5.74, 6) is 0.0744. The van der Waals surface area contributed by atoms with Gasteiger partial charge in [-0.05, 0) is 12.8 Å². The van der Waals surface area contributed by atoms with Gasteiger partial charge in [0, 0.05) is 6.42 Å². The van der Waals surface area contributed by atoms with E-state index in [4.69, 9.17) is 11.6 Å². The lowest BCUT2D eigenvalue weighted by Gasteiger charge is -2.08. The van der Waals surface area contributed by atoms with Gasteiger partial charge in [0.15, 0.2) is 0 Å². The molecule has 12 heavy (non-hydrogen) atoms. The van der Waals surface area contributed by atoms with Gasteiger partial charge in [-0.15, -0.1) is 0 Å². The van der Waals surface area contributed by atoms with Crippen molar-refractivity contribution in [1.29, 1.82) is 0 Å². The van der Waals surface area contributed by atoms with Crippen molar-refractivity contribution >= 4 is 17.5 Å². The fourth-order valence-corrected chi connectivity index (χ4v) is 1.01. The average molecular weight is 192 g/mol. The molecule has 0 heterocycles. The van der Waals surface area contributed by atoms with Gasteiger partial charge in [0.1, 0.15) is 5.50 Å². The van der Waals surface area contributed by atoms with Gasteiger partial charge in [0.2, 0.25) is 5.91 Å². The third kappa shape index (κ3) is 6.47. The lowest BCUT2D eigenvalue weighted by Crippen LogP contribution is -2.29. The molecule has 3 heteroatoms. The molecule has 0 aromatic carbocycles. The fourth-order valence-electron chi connectivity index (χ4n) is 0.884. The van der Waals surface area contributed by atoms with Crippen LogP contribution in [0.4, 0.5) is 0 Å². The number of alkyl halides is 1. The molecule has 0 aromatic heterocycles. The third-order valence-electron chi connectivity index (χ3n) is 1.68. The molecule has 1 unspecified atom stereocenters. The summed E-state index contributed by atoms with van der Waals surface area (Å²) in [7, 11) is 0. The molecule has 0 saturated carbocycles. The first-order valence-electron chi connectivity index (χ1n) is 4.64. The van der Waals surface area contributed by atoms with Crippen LogP contribution in [0.15, 0.2) is 0 Å². The van der Waals surface area contributed by atoms with E-state index in [0.29, 0.717) is 6.42 Å². The number of unbranched alkanes of at least 4 members (excludes halogenated alkanes) is 2. The normalized spacial score (nSPS) is 12.6. The number of rotatable bonds is 6. The molecule has 0 aliphatic rings. The quantitative estimate of drug-likeness (QED) is 0.391. The molecule has 0 aromatic rings. The van der Waals surface area contributed by atoms with Crippen molar-refractivity contribution in [2.24, 2.45) is 0 Å². The fraction of sp³-hybridized carbons (Fsp3) is 0.889. The molecular formula is C9H18ClNO. The van der Waals surface area contributed by atoms with Gasteiger partial charge in [-0.2, -0.15) is 0 Å². The van der Waals surface area contributed by atoms with Crippen molar-refractivity contribution in [3.63, 3.8) is 0 Å². The smallest absolute Gasteiger partial charge is 0.221 e. The van der Waals surface area contributed by atoms with Crippen molar-refractivity contribution < 1.29 is 4.79 Å². The maximum Gasteiger partial charge on any atom is 0.221 e. The molecule has 0 aliphatic heterocycles. The lowest BCUT2D eigenvalue weighted by molar-refractivity contribution is -0.121. The van der Waals surface area contributed by atoms with Crippen LogP contribution in [0.2, 0.25) is 0 Å². The van der Waals surface area contributed by atoms with Crippen LogP contribution in [0.3, 0.4) is 0 Å². The van der Waals surface area contributed by atoms with Crippen LogP contribution in [0.5, 0.6) is 0 Å². The molecule has 72 valence electrons. The van der Waals surface area contributed by atoms with Crippen molar-refractivity contribution in [3.05, 3.63) is 0 Å². The zero-order valence-electron chi connectivity index (χ0n) is 7.90. The molecule has 1 N–H and O–H groups in total. The van der Waals surface area contributed by atoms with Crippen molar-refractivity contribution in [2.75, 3.05) is 0 Å². The Morgan fingerprint density at radius 3 is 2.58 bits per heavy atom. The van der Waals surface area contributed by atoms with Gasteiger partial charge in [-0.3, -0.25) is 4.79 Å². The van der Waals surface area contributed by atoms with E-state index < -0.39 is 0 Å². The molecule has 0 bridgehead atoms. The average Bonchev–Trinajstić information content (AvgIpc) is 2.05. The summed E-state index contributed by atoms with van der Waals surface area (Å²) in [5.41, 5.74) is -0.195. The standard InChI is InChI=1S/C9H18ClNO/c1-3-5-6-7-9(12)11-8(10)4-2/h8H,3-7H2,1-2H3,(H,11,12). The number of carbonyl (C=O) groups is 1. The van der Waals surface area contributed by atoms with Crippen LogP contribution in [0, 0.1) is 0 Å². The van der Waals surface area contributed by atoms with E-state index in [2.05, 4.69) is 12.2 Å². The van der Waals surface area contributed by atoms with Crippen LogP contribution in [-0.4, -0.2) is 11.4 Å². The third-order valence-corrected chi connectivity index (χ3v) is 2.10. The van der Waals surface area contributed by atoms with E-state index in [1.54, 1.807) is 0 Å². The summed E-state index contributed by atoms with van der Waals surface area (Å²) < 4.78 is 0. The highest BCUT2D eigenvalue weighted by atomic mass is 35.5. The lowest BCUT2D eigenvalue weighted by atomic mass is 10.2. The van der Waals surface area contributed by atoms with Gasteiger partial charge in [0.05, 0.1) is 0 Å². The first kappa shape index (κ1) is 11.8. The van der Waals surface area contributed by atoms with E-state index in [1.165, 1.54) is 0 Å². The first-order chi connectivity index (χ1) is 5.70. The molecule has 2 nitrogen and oxygen atoms in total. The van der Waals surface area contributed by atoms with Crippen LogP contribution in [0.25, 0.3) is 0 Å². The van der Waals surface area contributed by atoms with Crippen LogP contribution >= 0.6 is 11.6 Å². The molecule has 0 fully saturated rings. The largest absolute Gasteiger partial charge is 0.340 e. The number of nitrogens with one attached hydrogen (secondary N) is 1. The number of carbonyl (C=O) groups excluding carboxylic acids is 1. The van der Waals surface area contributed by atoms with Crippen molar-refractivity contribution in [3.8, 4) is 0 Å². The monoisotopic (exact) mass is 191 g/mol. The highest BCUT2D eigenvalue weighted by molar-refractivity contribution is 6.21. The Kier molecular flexibility index (Phi) is 7.26. The molecule has 0 saturated heterocycles. The Morgan fingerprint density at radius 1 is 1.42 bits per heavy atom. The summed E-state index contributed by atoms with van der Waals surface area (Å²) in [6.07, 6.45) is 4.62. The summed E-state index contributed by atoms with van der Waals surface area (Å²) >= 11 is 5.74. The van der Waals surface area contributed by atoms with Gasteiger partial charge >= 0.3 is 0 Å². The molecule has 0 spiro atoms. The summed E-state index contributed by atoms with van der Waals surface area (Å²) in [6, 6.07) is 0. The number of amides is 1. The molecule has 1 amide bonds. The maximum atomic E-state index is 11.1.